The predicted molar refractivity (Wildman–Crippen MR) is 128 cm³/mol. The average molecular weight is 471 g/mol. The van der Waals surface area contributed by atoms with Crippen molar-refractivity contribution in [3.63, 3.8) is 0 Å². The van der Waals surface area contributed by atoms with Crippen molar-refractivity contribution in [3.05, 3.63) is 61.2 Å². The van der Waals surface area contributed by atoms with Crippen LogP contribution in [0.15, 0.2) is 71.2 Å². The van der Waals surface area contributed by atoms with Gasteiger partial charge in [-0.05, 0) is 49.2 Å². The van der Waals surface area contributed by atoms with Crippen LogP contribution in [0.4, 0.5) is 5.69 Å². The number of hydrogen-bond acceptors (Lipinski definition) is 5. The van der Waals surface area contributed by atoms with Crippen LogP contribution < -0.4 is 5.32 Å². The second kappa shape index (κ2) is 9.89. The molecular weight excluding hydrogens is 444 g/mol. The molecule has 1 aliphatic heterocycles. The summed E-state index contributed by atoms with van der Waals surface area (Å²) in [5, 5.41) is 3.58. The van der Waals surface area contributed by atoms with E-state index < -0.39 is 10.0 Å². The van der Waals surface area contributed by atoms with Crippen molar-refractivity contribution < 1.29 is 13.2 Å². The maximum Gasteiger partial charge on any atom is 0.243 e. The number of thioether (sulfide) groups is 1. The highest BCUT2D eigenvalue weighted by molar-refractivity contribution is 7.99. The molecule has 9 heteroatoms. The van der Waals surface area contributed by atoms with Crippen LogP contribution in [0.3, 0.4) is 0 Å². The first-order valence-corrected chi connectivity index (χ1v) is 13.0. The van der Waals surface area contributed by atoms with E-state index in [2.05, 4.69) is 16.9 Å². The molecule has 0 saturated carbocycles. The minimum atomic E-state index is -3.48. The number of carbonyl (C=O) groups is 1. The van der Waals surface area contributed by atoms with Crippen molar-refractivity contribution in [3.8, 4) is 0 Å². The van der Waals surface area contributed by atoms with Crippen molar-refractivity contribution in [2.45, 2.75) is 35.9 Å². The van der Waals surface area contributed by atoms with Gasteiger partial charge >= 0.3 is 0 Å². The molecule has 0 spiro atoms. The molecule has 0 unspecified atom stereocenters. The lowest BCUT2D eigenvalue weighted by atomic mass is 10.2. The number of carbonyl (C=O) groups excluding carboxylic acids is 1. The molecule has 1 saturated heterocycles. The predicted octanol–water partition coefficient (Wildman–Crippen LogP) is 4.13. The quantitative estimate of drug-likeness (QED) is 0.395. The molecule has 1 aromatic heterocycles. The van der Waals surface area contributed by atoms with E-state index in [-0.39, 0.29) is 16.6 Å². The Kier molecular flexibility index (Phi) is 6.98. The van der Waals surface area contributed by atoms with Gasteiger partial charge in [-0.2, -0.15) is 4.31 Å². The Labute approximate surface area is 192 Å². The summed E-state index contributed by atoms with van der Waals surface area (Å²) in [6, 6.07) is 14.2. The van der Waals surface area contributed by atoms with Gasteiger partial charge in [0.25, 0.3) is 0 Å². The first-order chi connectivity index (χ1) is 15.5. The van der Waals surface area contributed by atoms with E-state index in [4.69, 9.17) is 0 Å². The summed E-state index contributed by atoms with van der Waals surface area (Å²) in [6.07, 6.45) is 4.66. The fraction of sp³-hybridized carbons (Fsp3) is 0.304. The third-order valence-corrected chi connectivity index (χ3v) is 8.24. The lowest BCUT2D eigenvalue weighted by molar-refractivity contribution is -0.113. The smallest absolute Gasteiger partial charge is 0.243 e. The molecule has 4 rings (SSSR count). The minimum Gasteiger partial charge on any atom is -0.325 e. The molecular formula is C23H26N4O3S2. The number of nitrogens with one attached hydrogen (secondary N) is 1. The monoisotopic (exact) mass is 470 g/mol. The molecule has 7 nitrogen and oxygen atoms in total. The molecule has 1 aliphatic rings. The number of imidazole rings is 1. The summed E-state index contributed by atoms with van der Waals surface area (Å²) in [4.78, 5) is 17.4. The summed E-state index contributed by atoms with van der Waals surface area (Å²) < 4.78 is 29.1. The maximum absolute atomic E-state index is 12.8. The maximum atomic E-state index is 12.8. The number of anilines is 1. The van der Waals surface area contributed by atoms with Gasteiger partial charge in [-0.15, -0.1) is 6.58 Å². The molecule has 1 N–H and O–H groups in total. The van der Waals surface area contributed by atoms with E-state index in [1.807, 2.05) is 28.8 Å². The molecule has 0 bridgehead atoms. The zero-order valence-corrected chi connectivity index (χ0v) is 19.4. The van der Waals surface area contributed by atoms with E-state index in [1.165, 1.54) is 16.1 Å². The lowest BCUT2D eigenvalue weighted by Crippen LogP contribution is -2.35. The number of allylic oxidation sites excluding steroid dienone is 1. The Balaban J connectivity index is 1.39. The number of hydrogen-bond donors (Lipinski definition) is 1. The number of amides is 1. The Morgan fingerprint density at radius 3 is 2.53 bits per heavy atom. The molecule has 1 fully saturated rings. The molecule has 2 heterocycles. The van der Waals surface area contributed by atoms with Gasteiger partial charge in [0.15, 0.2) is 5.16 Å². The van der Waals surface area contributed by atoms with Crippen molar-refractivity contribution in [2.75, 3.05) is 24.2 Å². The number of nitrogens with zero attached hydrogens (tertiary/aromatic N) is 3. The van der Waals surface area contributed by atoms with Crippen LogP contribution >= 0.6 is 11.8 Å². The summed E-state index contributed by atoms with van der Waals surface area (Å²) >= 11 is 1.36. The van der Waals surface area contributed by atoms with Crippen LogP contribution in [-0.2, 0) is 21.4 Å². The number of fused-ring (bicyclic) bond motifs is 1. The zero-order valence-electron chi connectivity index (χ0n) is 17.7. The van der Waals surface area contributed by atoms with Gasteiger partial charge in [-0.25, -0.2) is 13.4 Å². The van der Waals surface area contributed by atoms with Crippen LogP contribution in [0.2, 0.25) is 0 Å². The van der Waals surface area contributed by atoms with E-state index in [0.717, 1.165) is 35.5 Å². The van der Waals surface area contributed by atoms with Crippen molar-refractivity contribution >= 4 is 44.4 Å². The SMILES string of the molecule is C=CCn1c(SCC(=O)Nc2ccc(S(=O)(=O)N3CCCCC3)cc2)nc2ccccc21. The third-order valence-electron chi connectivity index (χ3n) is 5.35. The number of sulfonamides is 1. The molecule has 3 aromatic rings. The van der Waals surface area contributed by atoms with Crippen molar-refractivity contribution in [1.82, 2.24) is 13.9 Å². The van der Waals surface area contributed by atoms with Gasteiger partial charge in [-0.3, -0.25) is 4.79 Å². The number of para-hydroxylation sites is 2. The van der Waals surface area contributed by atoms with Gasteiger partial charge in [0.1, 0.15) is 0 Å². The van der Waals surface area contributed by atoms with Crippen molar-refractivity contribution in [1.29, 1.82) is 0 Å². The highest BCUT2D eigenvalue weighted by atomic mass is 32.2. The highest BCUT2D eigenvalue weighted by Crippen LogP contribution is 2.25. The second-order valence-corrected chi connectivity index (χ2v) is 10.5. The number of piperidine rings is 1. The molecule has 1 amide bonds. The van der Waals surface area contributed by atoms with Crippen LogP contribution in [0.1, 0.15) is 19.3 Å². The normalized spacial score (nSPS) is 15.0. The average Bonchev–Trinajstić information content (AvgIpc) is 3.16. The summed E-state index contributed by atoms with van der Waals surface area (Å²) in [5.41, 5.74) is 2.44. The topological polar surface area (TPSA) is 84.3 Å². The van der Waals surface area contributed by atoms with Crippen molar-refractivity contribution in [2.24, 2.45) is 0 Å². The van der Waals surface area contributed by atoms with E-state index in [9.17, 15) is 13.2 Å². The standard InChI is InChI=1S/C23H26N4O3S2/c1-2-14-27-21-9-5-4-8-20(21)25-23(27)31-17-22(28)24-18-10-12-19(13-11-18)32(29,30)26-15-6-3-7-16-26/h2,4-5,8-13H,1,3,6-7,14-17H2,(H,24,28). The molecule has 0 aliphatic carbocycles. The van der Waals surface area contributed by atoms with Gasteiger partial charge < -0.3 is 9.88 Å². The molecule has 0 atom stereocenters. The summed E-state index contributed by atoms with van der Waals surface area (Å²) in [7, 11) is -3.48. The third kappa shape index (κ3) is 4.90. The second-order valence-electron chi connectivity index (χ2n) is 7.61. The molecule has 2 aromatic carbocycles. The minimum absolute atomic E-state index is 0.182. The Hall–Kier alpha value is -2.62. The fourth-order valence-electron chi connectivity index (χ4n) is 3.76. The van der Waals surface area contributed by atoms with Gasteiger partial charge in [0.05, 0.1) is 21.7 Å². The molecule has 0 radical (unpaired) electrons. The number of aromatic nitrogens is 2. The Bertz CT molecular complexity index is 1210. The first-order valence-electron chi connectivity index (χ1n) is 10.6. The largest absolute Gasteiger partial charge is 0.325 e. The van der Waals surface area contributed by atoms with E-state index in [1.54, 1.807) is 30.3 Å². The van der Waals surface area contributed by atoms with Gasteiger partial charge in [-0.1, -0.05) is 36.4 Å². The highest BCUT2D eigenvalue weighted by Gasteiger charge is 2.25. The van der Waals surface area contributed by atoms with Gasteiger partial charge in [0, 0.05) is 25.3 Å². The molecule has 32 heavy (non-hydrogen) atoms. The van der Waals surface area contributed by atoms with Gasteiger partial charge in [0.2, 0.25) is 15.9 Å². The zero-order chi connectivity index (χ0) is 22.6. The Morgan fingerprint density at radius 2 is 1.81 bits per heavy atom. The Morgan fingerprint density at radius 1 is 1.09 bits per heavy atom. The number of benzene rings is 2. The summed E-state index contributed by atoms with van der Waals surface area (Å²) in [6.45, 7) is 5.54. The first kappa shape index (κ1) is 22.6. The number of rotatable bonds is 8. The van der Waals surface area contributed by atoms with Crippen LogP contribution in [0.25, 0.3) is 11.0 Å². The molecule has 168 valence electrons. The fourth-order valence-corrected chi connectivity index (χ4v) is 6.10. The van der Waals surface area contributed by atoms with Crippen LogP contribution in [0.5, 0.6) is 0 Å². The lowest BCUT2D eigenvalue weighted by Gasteiger charge is -2.25. The van der Waals surface area contributed by atoms with Crippen LogP contribution in [0, 0.1) is 0 Å². The van der Waals surface area contributed by atoms with E-state index >= 15 is 0 Å². The summed E-state index contributed by atoms with van der Waals surface area (Å²) in [5.74, 6) is 0.00716. The van der Waals surface area contributed by atoms with E-state index in [0.29, 0.717) is 25.3 Å². The van der Waals surface area contributed by atoms with Crippen LogP contribution in [-0.4, -0.2) is 47.0 Å².